The highest BCUT2D eigenvalue weighted by Crippen LogP contribution is 2.32. The van der Waals surface area contributed by atoms with Crippen LogP contribution in [0.1, 0.15) is 22.8 Å². The first-order chi connectivity index (χ1) is 10.4. The summed E-state index contributed by atoms with van der Waals surface area (Å²) in [7, 11) is 0. The van der Waals surface area contributed by atoms with Crippen LogP contribution < -0.4 is 0 Å². The number of nitriles is 1. The first-order valence-electron chi connectivity index (χ1n) is 6.04. The average molecular weight is 313 g/mol. The second-order valence-corrected chi connectivity index (χ2v) is 4.42. The van der Waals surface area contributed by atoms with Crippen molar-refractivity contribution in [1.29, 1.82) is 5.26 Å². The molecule has 1 atom stereocenters. The summed E-state index contributed by atoms with van der Waals surface area (Å²) in [6.45, 7) is 0. The van der Waals surface area contributed by atoms with Gasteiger partial charge in [0.2, 0.25) is 5.82 Å². The van der Waals surface area contributed by atoms with Crippen LogP contribution >= 0.6 is 0 Å². The van der Waals surface area contributed by atoms with Gasteiger partial charge in [-0.3, -0.25) is 0 Å². The molecule has 114 valence electrons. The molecular weight excluding hydrogens is 305 g/mol. The van der Waals surface area contributed by atoms with Gasteiger partial charge < -0.3 is 5.11 Å². The number of benzene rings is 2. The fourth-order valence-corrected chi connectivity index (χ4v) is 2.06. The molecule has 0 spiro atoms. The Balaban J connectivity index is 2.66. The third-order valence-electron chi connectivity index (χ3n) is 3.14. The maximum Gasteiger partial charge on any atom is 0.200 e. The van der Waals surface area contributed by atoms with Crippen LogP contribution in [-0.2, 0) is 6.42 Å². The Morgan fingerprint density at radius 1 is 0.909 bits per heavy atom. The van der Waals surface area contributed by atoms with Crippen LogP contribution in [0, 0.1) is 40.4 Å². The highest BCUT2D eigenvalue weighted by molar-refractivity contribution is 5.39. The third-order valence-corrected chi connectivity index (χ3v) is 3.14. The van der Waals surface area contributed by atoms with Gasteiger partial charge in [-0.15, -0.1) is 0 Å². The van der Waals surface area contributed by atoms with Crippen LogP contribution in [0.3, 0.4) is 0 Å². The molecule has 2 aromatic rings. The quantitative estimate of drug-likeness (QED) is 0.535. The van der Waals surface area contributed by atoms with Crippen LogP contribution in [0.4, 0.5) is 22.0 Å². The topological polar surface area (TPSA) is 44.0 Å². The molecule has 0 fully saturated rings. The van der Waals surface area contributed by atoms with E-state index in [1.54, 1.807) is 6.07 Å². The number of rotatable bonds is 3. The number of halogens is 5. The minimum atomic E-state index is -2.30. The molecule has 0 amide bonds. The van der Waals surface area contributed by atoms with Crippen molar-refractivity contribution in [2.75, 3.05) is 0 Å². The lowest BCUT2D eigenvalue weighted by Crippen LogP contribution is -2.13. The van der Waals surface area contributed by atoms with E-state index in [9.17, 15) is 27.1 Å². The van der Waals surface area contributed by atoms with Crippen LogP contribution in [0.2, 0.25) is 0 Å². The average Bonchev–Trinajstić information content (AvgIpc) is 2.52. The summed E-state index contributed by atoms with van der Waals surface area (Å²) < 4.78 is 66.8. The third kappa shape index (κ3) is 2.53. The van der Waals surface area contributed by atoms with Crippen LogP contribution in [-0.4, -0.2) is 5.11 Å². The summed E-state index contributed by atoms with van der Waals surface area (Å²) in [6.07, 6.45) is -2.28. The summed E-state index contributed by atoms with van der Waals surface area (Å²) in [5.41, 5.74) is -1.23. The van der Waals surface area contributed by atoms with E-state index in [4.69, 9.17) is 5.26 Å². The summed E-state index contributed by atoms with van der Waals surface area (Å²) >= 11 is 0. The number of aliphatic hydroxyl groups is 1. The SMILES string of the molecule is N#CCc1ccccc1C(O)c1c(F)c(F)c(F)c(F)c1F. The number of hydrogen-bond donors (Lipinski definition) is 1. The van der Waals surface area contributed by atoms with E-state index in [1.807, 2.05) is 0 Å². The van der Waals surface area contributed by atoms with Crippen molar-refractivity contribution in [2.45, 2.75) is 12.5 Å². The molecule has 1 unspecified atom stereocenters. The standard InChI is InChI=1S/C15H8F5NO/c16-10-9(11(17)13(19)14(20)12(10)18)15(22)8-4-2-1-3-7(8)5-6-21/h1-4,15,22H,5H2. The lowest BCUT2D eigenvalue weighted by molar-refractivity contribution is 0.202. The first-order valence-corrected chi connectivity index (χ1v) is 6.04. The Hall–Kier alpha value is -2.46. The van der Waals surface area contributed by atoms with Crippen molar-refractivity contribution in [3.05, 3.63) is 70.0 Å². The minimum absolute atomic E-state index is 0.104. The molecule has 0 aliphatic carbocycles. The van der Waals surface area contributed by atoms with Gasteiger partial charge in [-0.1, -0.05) is 24.3 Å². The zero-order valence-corrected chi connectivity index (χ0v) is 10.9. The summed E-state index contributed by atoms with van der Waals surface area (Å²) in [4.78, 5) is 0. The molecule has 7 heteroatoms. The maximum absolute atomic E-state index is 13.7. The van der Waals surface area contributed by atoms with E-state index in [2.05, 4.69) is 0 Å². The molecule has 0 radical (unpaired) electrons. The van der Waals surface area contributed by atoms with E-state index in [0.29, 0.717) is 0 Å². The molecule has 0 saturated carbocycles. The van der Waals surface area contributed by atoms with Gasteiger partial charge in [0.25, 0.3) is 0 Å². The zero-order chi connectivity index (χ0) is 16.4. The van der Waals surface area contributed by atoms with E-state index < -0.39 is 40.8 Å². The predicted octanol–water partition coefficient (Wildman–Crippen LogP) is 3.53. The van der Waals surface area contributed by atoms with Crippen molar-refractivity contribution in [1.82, 2.24) is 0 Å². The van der Waals surface area contributed by atoms with Gasteiger partial charge in [-0.2, -0.15) is 5.26 Å². The van der Waals surface area contributed by atoms with Crippen molar-refractivity contribution in [3.63, 3.8) is 0 Å². The smallest absolute Gasteiger partial charge is 0.200 e. The van der Waals surface area contributed by atoms with E-state index in [1.165, 1.54) is 24.3 Å². The number of aliphatic hydroxyl groups excluding tert-OH is 1. The molecule has 0 heterocycles. The molecule has 2 aromatic carbocycles. The minimum Gasteiger partial charge on any atom is -0.383 e. The second-order valence-electron chi connectivity index (χ2n) is 4.42. The Labute approximate surface area is 122 Å². The van der Waals surface area contributed by atoms with Crippen molar-refractivity contribution in [2.24, 2.45) is 0 Å². The molecule has 0 saturated heterocycles. The normalized spacial score (nSPS) is 12.0. The highest BCUT2D eigenvalue weighted by atomic mass is 19.2. The monoisotopic (exact) mass is 313 g/mol. The largest absolute Gasteiger partial charge is 0.383 e. The summed E-state index contributed by atoms with van der Waals surface area (Å²) in [5.74, 6) is -10.8. The molecule has 1 N–H and O–H groups in total. The van der Waals surface area contributed by atoms with Gasteiger partial charge in [0.15, 0.2) is 23.3 Å². The van der Waals surface area contributed by atoms with E-state index in [0.717, 1.165) is 0 Å². The number of nitrogens with zero attached hydrogens (tertiary/aromatic N) is 1. The lowest BCUT2D eigenvalue weighted by atomic mass is 9.94. The van der Waals surface area contributed by atoms with Gasteiger partial charge in [-0.25, -0.2) is 22.0 Å². The highest BCUT2D eigenvalue weighted by Gasteiger charge is 2.31. The molecule has 2 nitrogen and oxygen atoms in total. The molecule has 0 bridgehead atoms. The van der Waals surface area contributed by atoms with Crippen molar-refractivity contribution in [3.8, 4) is 6.07 Å². The molecule has 0 aromatic heterocycles. The van der Waals surface area contributed by atoms with Gasteiger partial charge >= 0.3 is 0 Å². The van der Waals surface area contributed by atoms with Crippen molar-refractivity contribution < 1.29 is 27.1 Å². The maximum atomic E-state index is 13.7. The van der Waals surface area contributed by atoms with Gasteiger partial charge in [0, 0.05) is 0 Å². The fraction of sp³-hybridized carbons (Fsp3) is 0.133. The first kappa shape index (κ1) is 15.9. The molecule has 2 rings (SSSR count). The van der Waals surface area contributed by atoms with E-state index >= 15 is 0 Å². The van der Waals surface area contributed by atoms with Crippen LogP contribution in [0.25, 0.3) is 0 Å². The van der Waals surface area contributed by atoms with Gasteiger partial charge in [0.1, 0.15) is 6.10 Å². The van der Waals surface area contributed by atoms with Gasteiger partial charge in [0.05, 0.1) is 18.1 Å². The molecule has 0 aliphatic heterocycles. The van der Waals surface area contributed by atoms with Crippen LogP contribution in [0.5, 0.6) is 0 Å². The fourth-order valence-electron chi connectivity index (χ4n) is 2.06. The predicted molar refractivity (Wildman–Crippen MR) is 66.1 cm³/mol. The van der Waals surface area contributed by atoms with Crippen molar-refractivity contribution >= 4 is 0 Å². The Morgan fingerprint density at radius 2 is 1.41 bits per heavy atom. The Bertz CT molecular complexity index is 740. The van der Waals surface area contributed by atoms with Gasteiger partial charge in [-0.05, 0) is 11.1 Å². The second kappa shape index (κ2) is 6.12. The summed E-state index contributed by atoms with van der Waals surface area (Å²) in [5, 5.41) is 18.7. The summed E-state index contributed by atoms with van der Waals surface area (Å²) in [6, 6.07) is 7.36. The molecular formula is C15H8F5NO. The zero-order valence-electron chi connectivity index (χ0n) is 10.9. The molecule has 22 heavy (non-hydrogen) atoms. The van der Waals surface area contributed by atoms with E-state index in [-0.39, 0.29) is 17.5 Å². The number of hydrogen-bond acceptors (Lipinski definition) is 2. The molecule has 0 aliphatic rings. The lowest BCUT2D eigenvalue weighted by Gasteiger charge is -2.17. The Kier molecular flexibility index (Phi) is 4.43. The Morgan fingerprint density at radius 3 is 1.95 bits per heavy atom. The van der Waals surface area contributed by atoms with Crippen LogP contribution in [0.15, 0.2) is 24.3 Å².